The molecule has 1 unspecified atom stereocenters. The minimum absolute atomic E-state index is 0.210. The van der Waals surface area contributed by atoms with E-state index in [1.54, 1.807) is 7.11 Å². The number of aryl methyl sites for hydroxylation is 2. The number of rotatable bonds is 5. The molecule has 0 fully saturated rings. The average Bonchev–Trinajstić information content (AvgIpc) is 2.46. The Kier molecular flexibility index (Phi) is 5.27. The summed E-state index contributed by atoms with van der Waals surface area (Å²) in [7, 11) is 3.71. The van der Waals surface area contributed by atoms with Crippen LogP contribution in [0.25, 0.3) is 0 Å². The maximum Gasteiger partial charge on any atom is 0.124 e. The van der Waals surface area contributed by atoms with E-state index in [0.29, 0.717) is 0 Å². The Morgan fingerprint density at radius 1 is 1.14 bits per heavy atom. The Bertz CT molecular complexity index is 607. The van der Waals surface area contributed by atoms with Crippen LogP contribution in [-0.2, 0) is 6.42 Å². The van der Waals surface area contributed by atoms with E-state index in [0.717, 1.165) is 17.2 Å². The van der Waals surface area contributed by atoms with Gasteiger partial charge in [0.1, 0.15) is 5.75 Å². The number of methoxy groups -OCH3 is 1. The zero-order valence-electron chi connectivity index (χ0n) is 13.0. The smallest absolute Gasteiger partial charge is 0.124 e. The van der Waals surface area contributed by atoms with Crippen LogP contribution in [0.4, 0.5) is 0 Å². The number of benzene rings is 2. The summed E-state index contributed by atoms with van der Waals surface area (Å²) in [5.74, 6) is 0.945. The van der Waals surface area contributed by atoms with Gasteiger partial charge in [0.25, 0.3) is 0 Å². The van der Waals surface area contributed by atoms with Gasteiger partial charge in [0, 0.05) is 16.6 Å². The quantitative estimate of drug-likeness (QED) is 0.880. The number of nitrogens with one attached hydrogen (secondary N) is 1. The molecule has 1 atom stereocenters. The summed E-state index contributed by atoms with van der Waals surface area (Å²) in [6.07, 6.45) is 0.897. The van der Waals surface area contributed by atoms with Crippen molar-refractivity contribution in [3.8, 4) is 5.75 Å². The summed E-state index contributed by atoms with van der Waals surface area (Å²) in [5, 5.41) is 4.17. The molecular formula is C18H22ClNO. The highest BCUT2D eigenvalue weighted by Crippen LogP contribution is 2.32. The normalized spacial score (nSPS) is 12.2. The van der Waals surface area contributed by atoms with Crippen LogP contribution in [0.2, 0.25) is 5.02 Å². The molecule has 21 heavy (non-hydrogen) atoms. The number of halogens is 1. The first kappa shape index (κ1) is 15.9. The van der Waals surface area contributed by atoms with Crippen LogP contribution >= 0.6 is 11.6 Å². The van der Waals surface area contributed by atoms with Crippen molar-refractivity contribution >= 4 is 11.6 Å². The minimum Gasteiger partial charge on any atom is -0.496 e. The molecule has 2 aromatic rings. The van der Waals surface area contributed by atoms with Gasteiger partial charge in [-0.25, -0.2) is 0 Å². The summed E-state index contributed by atoms with van der Waals surface area (Å²) >= 11 is 5.95. The van der Waals surface area contributed by atoms with Crippen LogP contribution in [0.3, 0.4) is 0 Å². The average molecular weight is 304 g/mol. The molecule has 0 aliphatic carbocycles. The first-order valence-electron chi connectivity index (χ1n) is 7.12. The third-order valence-corrected chi connectivity index (χ3v) is 4.02. The van der Waals surface area contributed by atoms with Gasteiger partial charge in [-0.1, -0.05) is 29.8 Å². The van der Waals surface area contributed by atoms with Crippen LogP contribution in [0, 0.1) is 13.8 Å². The molecule has 1 N–H and O–H groups in total. The molecule has 0 aromatic heterocycles. The molecule has 2 aromatic carbocycles. The van der Waals surface area contributed by atoms with Crippen LogP contribution in [0.1, 0.15) is 28.3 Å². The molecule has 0 saturated carbocycles. The molecule has 2 nitrogen and oxygen atoms in total. The summed E-state index contributed by atoms with van der Waals surface area (Å²) in [6, 6.07) is 12.5. The first-order chi connectivity index (χ1) is 10.0. The zero-order chi connectivity index (χ0) is 15.4. The van der Waals surface area contributed by atoms with Crippen LogP contribution in [-0.4, -0.2) is 14.2 Å². The number of ether oxygens (including phenoxy) is 1. The summed E-state index contributed by atoms with van der Waals surface area (Å²) in [5.41, 5.74) is 4.94. The van der Waals surface area contributed by atoms with Gasteiger partial charge < -0.3 is 10.1 Å². The molecule has 0 amide bonds. The lowest BCUT2D eigenvalue weighted by Gasteiger charge is -2.22. The van der Waals surface area contributed by atoms with Crippen molar-refractivity contribution in [3.05, 3.63) is 63.7 Å². The van der Waals surface area contributed by atoms with Crippen molar-refractivity contribution in [2.45, 2.75) is 26.3 Å². The maximum atomic E-state index is 5.95. The molecule has 2 rings (SSSR count). The third kappa shape index (κ3) is 3.78. The van der Waals surface area contributed by atoms with Crippen molar-refractivity contribution in [2.75, 3.05) is 14.2 Å². The molecule has 0 saturated heterocycles. The van der Waals surface area contributed by atoms with Gasteiger partial charge in [0.15, 0.2) is 0 Å². The van der Waals surface area contributed by atoms with Crippen LogP contribution in [0.5, 0.6) is 5.75 Å². The maximum absolute atomic E-state index is 5.95. The number of hydrogen-bond acceptors (Lipinski definition) is 2. The lowest BCUT2D eigenvalue weighted by Crippen LogP contribution is -2.20. The molecule has 0 bridgehead atoms. The molecule has 0 aliphatic heterocycles. The minimum atomic E-state index is 0.210. The largest absolute Gasteiger partial charge is 0.496 e. The lowest BCUT2D eigenvalue weighted by atomic mass is 9.93. The molecule has 0 spiro atoms. The van der Waals surface area contributed by atoms with E-state index >= 15 is 0 Å². The second kappa shape index (κ2) is 6.97. The number of hydrogen-bond donors (Lipinski definition) is 1. The molecule has 3 heteroatoms. The third-order valence-electron chi connectivity index (χ3n) is 3.76. The van der Waals surface area contributed by atoms with Gasteiger partial charge in [-0.3, -0.25) is 0 Å². The van der Waals surface area contributed by atoms with Crippen molar-refractivity contribution in [1.29, 1.82) is 0 Å². The van der Waals surface area contributed by atoms with Gasteiger partial charge in [0.2, 0.25) is 0 Å². The van der Waals surface area contributed by atoms with E-state index < -0.39 is 0 Å². The Hall–Kier alpha value is -1.51. The van der Waals surface area contributed by atoms with E-state index in [9.17, 15) is 0 Å². The fourth-order valence-electron chi connectivity index (χ4n) is 2.76. The topological polar surface area (TPSA) is 21.3 Å². The van der Waals surface area contributed by atoms with Crippen molar-refractivity contribution in [1.82, 2.24) is 5.32 Å². The lowest BCUT2D eigenvalue weighted by molar-refractivity contribution is 0.400. The van der Waals surface area contributed by atoms with Crippen LogP contribution in [0.15, 0.2) is 36.4 Å². The molecule has 0 heterocycles. The molecular weight excluding hydrogens is 282 g/mol. The Labute approximate surface area is 132 Å². The predicted molar refractivity (Wildman–Crippen MR) is 89.4 cm³/mol. The molecule has 0 aliphatic rings. The van der Waals surface area contributed by atoms with Gasteiger partial charge >= 0.3 is 0 Å². The zero-order valence-corrected chi connectivity index (χ0v) is 13.8. The fourth-order valence-corrected chi connectivity index (χ4v) is 2.89. The second-order valence-electron chi connectivity index (χ2n) is 5.37. The Balaban J connectivity index is 2.35. The summed E-state index contributed by atoms with van der Waals surface area (Å²) in [4.78, 5) is 0. The molecule has 0 radical (unpaired) electrons. The fraction of sp³-hybridized carbons (Fsp3) is 0.333. The highest BCUT2D eigenvalue weighted by Gasteiger charge is 2.18. The summed E-state index contributed by atoms with van der Waals surface area (Å²) in [6.45, 7) is 4.23. The molecule has 112 valence electrons. The van der Waals surface area contributed by atoms with Crippen molar-refractivity contribution < 1.29 is 4.74 Å². The highest BCUT2D eigenvalue weighted by atomic mass is 35.5. The monoisotopic (exact) mass is 303 g/mol. The highest BCUT2D eigenvalue weighted by molar-refractivity contribution is 6.30. The second-order valence-corrected chi connectivity index (χ2v) is 5.81. The van der Waals surface area contributed by atoms with E-state index in [-0.39, 0.29) is 6.04 Å². The van der Waals surface area contributed by atoms with E-state index in [4.69, 9.17) is 16.3 Å². The van der Waals surface area contributed by atoms with Gasteiger partial charge in [-0.2, -0.15) is 0 Å². The SMILES string of the molecule is CNC(Cc1ccc(Cl)cc1)c1c(C)cc(C)cc1OC. The van der Waals surface area contributed by atoms with Crippen molar-refractivity contribution in [3.63, 3.8) is 0 Å². The van der Waals surface area contributed by atoms with Crippen molar-refractivity contribution in [2.24, 2.45) is 0 Å². The van der Waals surface area contributed by atoms with Gasteiger partial charge in [-0.15, -0.1) is 0 Å². The van der Waals surface area contributed by atoms with Gasteiger partial charge in [0.05, 0.1) is 7.11 Å². The summed E-state index contributed by atoms with van der Waals surface area (Å²) < 4.78 is 5.59. The first-order valence-corrected chi connectivity index (χ1v) is 7.49. The Morgan fingerprint density at radius 2 is 1.81 bits per heavy atom. The standard InChI is InChI=1S/C18H22ClNO/c1-12-9-13(2)18(17(10-12)21-4)16(20-3)11-14-5-7-15(19)8-6-14/h5-10,16,20H,11H2,1-4H3. The number of likely N-dealkylation sites (N-methyl/N-ethyl adjacent to an activating group) is 1. The van der Waals surface area contributed by atoms with Crippen LogP contribution < -0.4 is 10.1 Å². The van der Waals surface area contributed by atoms with E-state index in [2.05, 4.69) is 43.4 Å². The Morgan fingerprint density at radius 3 is 2.38 bits per heavy atom. The van der Waals surface area contributed by atoms with E-state index in [1.165, 1.54) is 22.3 Å². The van der Waals surface area contributed by atoms with Gasteiger partial charge in [-0.05, 0) is 62.2 Å². The predicted octanol–water partition coefficient (Wildman–Crippen LogP) is 4.47. The van der Waals surface area contributed by atoms with E-state index in [1.807, 2.05) is 19.2 Å².